The van der Waals surface area contributed by atoms with E-state index in [1.54, 1.807) is 18.4 Å². The first-order chi connectivity index (χ1) is 15.6. The lowest BCUT2D eigenvalue weighted by atomic mass is 10.0. The maximum absolute atomic E-state index is 12.7. The summed E-state index contributed by atoms with van der Waals surface area (Å²) < 4.78 is 9.73. The minimum Gasteiger partial charge on any atom is -0.371 e. The molecule has 0 aliphatic carbocycles. The van der Waals surface area contributed by atoms with Crippen molar-refractivity contribution in [2.45, 2.75) is 32.5 Å². The summed E-state index contributed by atoms with van der Waals surface area (Å²) in [4.78, 5) is 15.9. The summed E-state index contributed by atoms with van der Waals surface area (Å²) in [5, 5.41) is 5.25. The fraction of sp³-hybridized carbons (Fsp3) is 0.346. The first kappa shape index (κ1) is 21.2. The van der Waals surface area contributed by atoms with Crippen molar-refractivity contribution in [3.05, 3.63) is 70.7 Å². The zero-order valence-corrected chi connectivity index (χ0v) is 19.6. The van der Waals surface area contributed by atoms with E-state index in [2.05, 4.69) is 71.2 Å². The Morgan fingerprint density at radius 2 is 1.91 bits per heavy atom. The molecule has 1 fully saturated rings. The maximum Gasteiger partial charge on any atom is 0.261 e. The van der Waals surface area contributed by atoms with E-state index in [9.17, 15) is 4.79 Å². The lowest BCUT2D eigenvalue weighted by Gasteiger charge is -2.33. The van der Waals surface area contributed by atoms with Crippen molar-refractivity contribution in [1.29, 1.82) is 0 Å². The van der Waals surface area contributed by atoms with E-state index in [0.29, 0.717) is 12.6 Å². The van der Waals surface area contributed by atoms with Gasteiger partial charge in [-0.15, -0.1) is 11.3 Å². The number of rotatable bonds is 5. The molecule has 1 atom stereocenters. The summed E-state index contributed by atoms with van der Waals surface area (Å²) in [7, 11) is 1.69. The van der Waals surface area contributed by atoms with Gasteiger partial charge < -0.3 is 14.6 Å². The second kappa shape index (κ2) is 8.70. The van der Waals surface area contributed by atoms with Crippen LogP contribution in [-0.2, 0) is 11.3 Å². The standard InChI is InChI=1S/C26H29N3O2S/c1-17(2)29-15-18(19-8-4-6-10-21(19)29)14-28-12-13-31-22(16-28)24-20-9-5-7-11-23(20)32-25(24)26(30)27-3/h4-11,15,17,22H,12-14,16H2,1-3H3,(H,27,30)/t22-/m0/s1. The average molecular weight is 448 g/mol. The highest BCUT2D eigenvalue weighted by Gasteiger charge is 2.30. The number of carbonyl (C=O) groups excluding carboxylic acids is 1. The van der Waals surface area contributed by atoms with Gasteiger partial charge in [0, 0.05) is 60.1 Å². The van der Waals surface area contributed by atoms with Gasteiger partial charge in [0.15, 0.2) is 0 Å². The van der Waals surface area contributed by atoms with Crippen LogP contribution < -0.4 is 5.32 Å². The van der Waals surface area contributed by atoms with Gasteiger partial charge in [0.2, 0.25) is 0 Å². The van der Waals surface area contributed by atoms with Crippen molar-refractivity contribution in [1.82, 2.24) is 14.8 Å². The zero-order valence-electron chi connectivity index (χ0n) is 18.8. The van der Waals surface area contributed by atoms with Crippen molar-refractivity contribution in [3.63, 3.8) is 0 Å². The fourth-order valence-electron chi connectivity index (χ4n) is 4.76. The number of nitrogens with zero attached hydrogens (tertiary/aromatic N) is 2. The number of hydrogen-bond donors (Lipinski definition) is 1. The molecule has 2 aromatic carbocycles. The Hall–Kier alpha value is -2.67. The van der Waals surface area contributed by atoms with Gasteiger partial charge in [0.1, 0.15) is 0 Å². The van der Waals surface area contributed by atoms with Crippen LogP contribution in [0.15, 0.2) is 54.7 Å². The summed E-state index contributed by atoms with van der Waals surface area (Å²) in [6, 6.07) is 17.3. The van der Waals surface area contributed by atoms with Gasteiger partial charge in [0.05, 0.1) is 17.6 Å². The predicted octanol–water partition coefficient (Wildman–Crippen LogP) is 5.37. The molecule has 1 amide bonds. The highest BCUT2D eigenvalue weighted by Crippen LogP contribution is 2.38. The Balaban J connectivity index is 1.47. The smallest absolute Gasteiger partial charge is 0.261 e. The number of para-hydroxylation sites is 1. The van der Waals surface area contributed by atoms with Gasteiger partial charge in [-0.3, -0.25) is 9.69 Å². The Morgan fingerprint density at radius 1 is 1.16 bits per heavy atom. The largest absolute Gasteiger partial charge is 0.371 e. The number of aromatic nitrogens is 1. The van der Waals surface area contributed by atoms with Crippen LogP contribution in [0.25, 0.3) is 21.0 Å². The molecule has 1 N–H and O–H groups in total. The normalized spacial score (nSPS) is 17.4. The Kier molecular flexibility index (Phi) is 5.76. The lowest BCUT2D eigenvalue weighted by Crippen LogP contribution is -2.38. The van der Waals surface area contributed by atoms with Crippen molar-refractivity contribution in [2.75, 3.05) is 26.7 Å². The Labute approximate surface area is 192 Å². The molecule has 1 aliphatic rings. The minimum atomic E-state index is -0.120. The number of morpholine rings is 1. The molecule has 1 saturated heterocycles. The molecule has 0 unspecified atom stereocenters. The molecule has 1 aliphatic heterocycles. The number of benzene rings is 2. The topological polar surface area (TPSA) is 46.5 Å². The fourth-order valence-corrected chi connectivity index (χ4v) is 5.96. The van der Waals surface area contributed by atoms with Gasteiger partial charge in [-0.25, -0.2) is 0 Å². The summed E-state index contributed by atoms with van der Waals surface area (Å²) >= 11 is 1.55. The second-order valence-corrected chi connectivity index (χ2v) is 9.74. The van der Waals surface area contributed by atoms with Crippen LogP contribution in [0.5, 0.6) is 0 Å². The van der Waals surface area contributed by atoms with Crippen LogP contribution in [0.1, 0.15) is 46.8 Å². The highest BCUT2D eigenvalue weighted by molar-refractivity contribution is 7.21. The van der Waals surface area contributed by atoms with Crippen molar-refractivity contribution >= 4 is 38.2 Å². The van der Waals surface area contributed by atoms with E-state index < -0.39 is 0 Å². The van der Waals surface area contributed by atoms with Crippen molar-refractivity contribution in [3.8, 4) is 0 Å². The van der Waals surface area contributed by atoms with Crippen LogP contribution in [0.3, 0.4) is 0 Å². The third-order valence-electron chi connectivity index (χ3n) is 6.31. The van der Waals surface area contributed by atoms with Crippen molar-refractivity contribution in [2.24, 2.45) is 0 Å². The molecule has 4 aromatic rings. The number of hydrogen-bond acceptors (Lipinski definition) is 4. The molecule has 166 valence electrons. The average Bonchev–Trinajstić information content (AvgIpc) is 3.38. The molecule has 0 radical (unpaired) electrons. The molecule has 0 saturated carbocycles. The van der Waals surface area contributed by atoms with Crippen LogP contribution >= 0.6 is 11.3 Å². The molecule has 0 bridgehead atoms. The van der Waals surface area contributed by atoms with Gasteiger partial charge in [0.25, 0.3) is 5.91 Å². The number of thiophene rings is 1. The van der Waals surface area contributed by atoms with E-state index in [1.807, 2.05) is 12.1 Å². The molecular weight excluding hydrogens is 418 g/mol. The van der Waals surface area contributed by atoms with Crippen LogP contribution in [-0.4, -0.2) is 42.1 Å². The minimum absolute atomic E-state index is 0.0399. The number of amides is 1. The third-order valence-corrected chi connectivity index (χ3v) is 7.50. The van der Waals surface area contributed by atoms with Gasteiger partial charge in [-0.05, 0) is 36.9 Å². The first-order valence-electron chi connectivity index (χ1n) is 11.2. The summed E-state index contributed by atoms with van der Waals surface area (Å²) in [5.74, 6) is -0.0399. The van der Waals surface area contributed by atoms with E-state index in [4.69, 9.17) is 4.74 Å². The number of fused-ring (bicyclic) bond motifs is 2. The Bertz CT molecular complexity index is 1270. The molecule has 2 aromatic heterocycles. The molecule has 5 rings (SSSR count). The van der Waals surface area contributed by atoms with E-state index in [0.717, 1.165) is 40.2 Å². The molecule has 3 heterocycles. The van der Waals surface area contributed by atoms with E-state index in [1.165, 1.54) is 16.5 Å². The predicted molar refractivity (Wildman–Crippen MR) is 132 cm³/mol. The first-order valence-corrected chi connectivity index (χ1v) is 12.0. The summed E-state index contributed by atoms with van der Waals surface area (Å²) in [5.41, 5.74) is 3.66. The third kappa shape index (κ3) is 3.72. The second-order valence-electron chi connectivity index (χ2n) is 8.69. The number of carbonyl (C=O) groups is 1. The summed E-state index contributed by atoms with van der Waals surface area (Å²) in [6.45, 7) is 7.63. The van der Waals surface area contributed by atoms with Gasteiger partial charge >= 0.3 is 0 Å². The van der Waals surface area contributed by atoms with Gasteiger partial charge in [-0.2, -0.15) is 0 Å². The Morgan fingerprint density at radius 3 is 2.69 bits per heavy atom. The van der Waals surface area contributed by atoms with E-state index in [-0.39, 0.29) is 12.0 Å². The van der Waals surface area contributed by atoms with Crippen LogP contribution in [0.2, 0.25) is 0 Å². The van der Waals surface area contributed by atoms with Crippen LogP contribution in [0, 0.1) is 0 Å². The monoisotopic (exact) mass is 447 g/mol. The quantitative estimate of drug-likeness (QED) is 0.447. The number of ether oxygens (including phenoxy) is 1. The molecule has 0 spiro atoms. The molecular formula is C26H29N3O2S. The zero-order chi connectivity index (χ0) is 22.2. The van der Waals surface area contributed by atoms with Gasteiger partial charge in [-0.1, -0.05) is 36.4 Å². The SMILES string of the molecule is CNC(=O)c1sc2ccccc2c1[C@@H]1CN(Cc2cn(C(C)C)c3ccccc23)CCO1. The van der Waals surface area contributed by atoms with Crippen molar-refractivity contribution < 1.29 is 9.53 Å². The molecule has 5 nitrogen and oxygen atoms in total. The highest BCUT2D eigenvalue weighted by atomic mass is 32.1. The maximum atomic E-state index is 12.7. The number of nitrogens with one attached hydrogen (secondary N) is 1. The van der Waals surface area contributed by atoms with E-state index >= 15 is 0 Å². The lowest BCUT2D eigenvalue weighted by molar-refractivity contribution is -0.0322. The molecule has 6 heteroatoms. The molecule has 32 heavy (non-hydrogen) atoms. The van der Waals surface area contributed by atoms with Crippen LogP contribution in [0.4, 0.5) is 0 Å². The summed E-state index contributed by atoms with van der Waals surface area (Å²) in [6.07, 6.45) is 2.18.